The third kappa shape index (κ3) is 3.42. The molecule has 132 valence electrons. The summed E-state index contributed by atoms with van der Waals surface area (Å²) in [5.41, 5.74) is 3.03. The predicted octanol–water partition coefficient (Wildman–Crippen LogP) is 2.83. The molecule has 1 fully saturated rings. The first-order valence-corrected chi connectivity index (χ1v) is 8.14. The van der Waals surface area contributed by atoms with Gasteiger partial charge in [0.05, 0.1) is 17.7 Å². The number of rotatable bonds is 4. The molecule has 1 aliphatic heterocycles. The Kier molecular flexibility index (Phi) is 4.72. The standard InChI is InChI=1S/C17H12BrN3O5/c1-26-14-4-2-12(3-5-14)20-17(23)15(16(22)19-20)8-10-6-11(18)9-13(7-10)21(24)25/h2-9H,1H3,(H,19,22)/b15-8-. The van der Waals surface area contributed by atoms with Gasteiger partial charge < -0.3 is 4.74 Å². The number of benzene rings is 2. The first-order chi connectivity index (χ1) is 12.4. The fraction of sp³-hybridized carbons (Fsp3) is 0.0588. The number of halogens is 1. The molecule has 2 aromatic carbocycles. The number of nitro benzene ring substituents is 1. The van der Waals surface area contributed by atoms with Crippen molar-refractivity contribution >= 4 is 45.2 Å². The van der Waals surface area contributed by atoms with Crippen LogP contribution < -0.4 is 15.2 Å². The molecule has 3 rings (SSSR count). The van der Waals surface area contributed by atoms with Crippen LogP contribution in [-0.4, -0.2) is 23.8 Å². The van der Waals surface area contributed by atoms with E-state index in [2.05, 4.69) is 21.4 Å². The average molecular weight is 418 g/mol. The Labute approximate surface area is 156 Å². The molecule has 0 atom stereocenters. The number of nitrogens with zero attached hydrogens (tertiary/aromatic N) is 2. The van der Waals surface area contributed by atoms with Crippen molar-refractivity contribution in [3.8, 4) is 5.75 Å². The number of hydrogen-bond donors (Lipinski definition) is 1. The van der Waals surface area contributed by atoms with Gasteiger partial charge in [0.2, 0.25) is 0 Å². The smallest absolute Gasteiger partial charge is 0.282 e. The molecule has 0 radical (unpaired) electrons. The van der Waals surface area contributed by atoms with Gasteiger partial charge in [0.15, 0.2) is 0 Å². The summed E-state index contributed by atoms with van der Waals surface area (Å²) in [5.74, 6) is -0.528. The van der Waals surface area contributed by atoms with E-state index in [0.717, 1.165) is 5.01 Å². The molecule has 1 heterocycles. The van der Waals surface area contributed by atoms with Crippen LogP contribution in [0, 0.1) is 10.1 Å². The molecule has 1 N–H and O–H groups in total. The lowest BCUT2D eigenvalue weighted by molar-refractivity contribution is -0.384. The predicted molar refractivity (Wildman–Crippen MR) is 97.4 cm³/mol. The number of anilines is 1. The molecule has 1 aliphatic rings. The normalized spacial score (nSPS) is 15.3. The zero-order valence-electron chi connectivity index (χ0n) is 13.4. The van der Waals surface area contributed by atoms with Crippen LogP contribution in [0.1, 0.15) is 5.56 Å². The van der Waals surface area contributed by atoms with E-state index in [1.54, 1.807) is 30.3 Å². The zero-order chi connectivity index (χ0) is 18.8. The van der Waals surface area contributed by atoms with Crippen molar-refractivity contribution in [1.82, 2.24) is 5.43 Å². The van der Waals surface area contributed by atoms with Gasteiger partial charge in [-0.2, -0.15) is 0 Å². The SMILES string of the molecule is COc1ccc(N2NC(=O)/C(=C/c3cc(Br)cc([N+](=O)[O-])c3)C2=O)cc1. The van der Waals surface area contributed by atoms with Crippen LogP contribution in [0.15, 0.2) is 52.5 Å². The molecular formula is C17H12BrN3O5. The first-order valence-electron chi connectivity index (χ1n) is 7.35. The van der Waals surface area contributed by atoms with E-state index in [1.165, 1.54) is 25.3 Å². The summed E-state index contributed by atoms with van der Waals surface area (Å²) in [4.78, 5) is 35.2. The molecule has 0 bridgehead atoms. The molecule has 0 saturated carbocycles. The lowest BCUT2D eigenvalue weighted by Crippen LogP contribution is -2.35. The van der Waals surface area contributed by atoms with Crippen molar-refractivity contribution < 1.29 is 19.2 Å². The summed E-state index contributed by atoms with van der Waals surface area (Å²) in [6, 6.07) is 10.8. The van der Waals surface area contributed by atoms with Gasteiger partial charge in [-0.3, -0.25) is 25.1 Å². The minimum Gasteiger partial charge on any atom is -0.497 e. The first kappa shape index (κ1) is 17.6. The van der Waals surface area contributed by atoms with E-state index >= 15 is 0 Å². The van der Waals surface area contributed by atoms with Crippen LogP contribution in [0.3, 0.4) is 0 Å². The van der Waals surface area contributed by atoms with Crippen molar-refractivity contribution in [2.45, 2.75) is 0 Å². The second kappa shape index (κ2) is 6.96. The molecule has 1 saturated heterocycles. The average Bonchev–Trinajstić information content (AvgIpc) is 2.89. The second-order valence-corrected chi connectivity index (χ2v) is 6.25. The lowest BCUT2D eigenvalue weighted by atomic mass is 10.1. The summed E-state index contributed by atoms with van der Waals surface area (Å²) >= 11 is 3.18. The largest absolute Gasteiger partial charge is 0.497 e. The highest BCUT2D eigenvalue weighted by atomic mass is 79.9. The molecule has 0 unspecified atom stereocenters. The number of nitrogens with one attached hydrogen (secondary N) is 1. The topological polar surface area (TPSA) is 102 Å². The zero-order valence-corrected chi connectivity index (χ0v) is 15.0. The third-order valence-electron chi connectivity index (χ3n) is 3.65. The molecule has 2 amide bonds. The Morgan fingerprint density at radius 3 is 2.50 bits per heavy atom. The number of nitro groups is 1. The van der Waals surface area contributed by atoms with E-state index in [4.69, 9.17) is 4.74 Å². The van der Waals surface area contributed by atoms with Gasteiger partial charge in [-0.1, -0.05) is 15.9 Å². The highest BCUT2D eigenvalue weighted by Crippen LogP contribution is 2.26. The van der Waals surface area contributed by atoms with Crippen molar-refractivity contribution in [3.63, 3.8) is 0 Å². The second-order valence-electron chi connectivity index (χ2n) is 5.34. The number of hydrazine groups is 1. The number of carbonyl (C=O) groups is 2. The molecule has 9 heteroatoms. The van der Waals surface area contributed by atoms with E-state index in [-0.39, 0.29) is 11.3 Å². The monoisotopic (exact) mass is 417 g/mol. The van der Waals surface area contributed by atoms with Crippen LogP contribution >= 0.6 is 15.9 Å². The quantitative estimate of drug-likeness (QED) is 0.356. The summed E-state index contributed by atoms with van der Waals surface area (Å²) in [7, 11) is 1.52. The summed E-state index contributed by atoms with van der Waals surface area (Å²) in [6.07, 6.45) is 1.32. The summed E-state index contributed by atoms with van der Waals surface area (Å²) < 4.78 is 5.53. The maximum atomic E-state index is 12.6. The third-order valence-corrected chi connectivity index (χ3v) is 4.11. The Morgan fingerprint density at radius 2 is 1.88 bits per heavy atom. The van der Waals surface area contributed by atoms with E-state index in [1.807, 2.05) is 0 Å². The number of methoxy groups -OCH3 is 1. The van der Waals surface area contributed by atoms with Gasteiger partial charge in [0, 0.05) is 16.6 Å². The maximum absolute atomic E-state index is 12.6. The fourth-order valence-corrected chi connectivity index (χ4v) is 2.92. The van der Waals surface area contributed by atoms with Crippen LogP contribution in [0.2, 0.25) is 0 Å². The Bertz CT molecular complexity index is 940. The fourth-order valence-electron chi connectivity index (χ4n) is 2.42. The number of amides is 2. The van der Waals surface area contributed by atoms with E-state index in [9.17, 15) is 19.7 Å². The van der Waals surface area contributed by atoms with E-state index in [0.29, 0.717) is 21.5 Å². The summed E-state index contributed by atoms with van der Waals surface area (Å²) in [6.45, 7) is 0. The minimum atomic E-state index is -0.589. The van der Waals surface area contributed by atoms with Crippen LogP contribution in [-0.2, 0) is 9.59 Å². The summed E-state index contributed by atoms with van der Waals surface area (Å²) in [5, 5.41) is 12.1. The van der Waals surface area contributed by atoms with Gasteiger partial charge in [-0.25, -0.2) is 5.01 Å². The number of non-ortho nitro benzene ring substituents is 1. The van der Waals surface area contributed by atoms with Crippen LogP contribution in [0.4, 0.5) is 11.4 Å². The van der Waals surface area contributed by atoms with Gasteiger partial charge >= 0.3 is 0 Å². The maximum Gasteiger partial charge on any atom is 0.282 e. The molecule has 8 nitrogen and oxygen atoms in total. The van der Waals surface area contributed by atoms with Gasteiger partial charge in [-0.05, 0) is 42.0 Å². The number of hydrogen-bond acceptors (Lipinski definition) is 5. The van der Waals surface area contributed by atoms with E-state index < -0.39 is 16.7 Å². The molecular weight excluding hydrogens is 406 g/mol. The minimum absolute atomic E-state index is 0.117. The van der Waals surface area contributed by atoms with Crippen LogP contribution in [0.5, 0.6) is 5.75 Å². The van der Waals surface area contributed by atoms with Crippen molar-refractivity contribution in [2.24, 2.45) is 0 Å². The van der Waals surface area contributed by atoms with Crippen molar-refractivity contribution in [3.05, 3.63) is 68.2 Å². The molecule has 26 heavy (non-hydrogen) atoms. The van der Waals surface area contributed by atoms with Gasteiger partial charge in [-0.15, -0.1) is 0 Å². The molecule has 0 aromatic heterocycles. The number of ether oxygens (including phenoxy) is 1. The molecule has 2 aromatic rings. The van der Waals surface area contributed by atoms with Crippen molar-refractivity contribution in [2.75, 3.05) is 12.1 Å². The van der Waals surface area contributed by atoms with Gasteiger partial charge in [0.25, 0.3) is 17.5 Å². The lowest BCUT2D eigenvalue weighted by Gasteiger charge is -2.14. The Hall–Kier alpha value is -3.20. The van der Waals surface area contributed by atoms with Crippen LogP contribution in [0.25, 0.3) is 6.08 Å². The number of carbonyl (C=O) groups excluding carboxylic acids is 2. The van der Waals surface area contributed by atoms with Crippen molar-refractivity contribution in [1.29, 1.82) is 0 Å². The Balaban J connectivity index is 1.93. The Morgan fingerprint density at radius 1 is 1.19 bits per heavy atom. The highest BCUT2D eigenvalue weighted by Gasteiger charge is 2.34. The molecule has 0 spiro atoms. The highest BCUT2D eigenvalue weighted by molar-refractivity contribution is 9.10. The van der Waals surface area contributed by atoms with Gasteiger partial charge in [0.1, 0.15) is 11.3 Å². The molecule has 0 aliphatic carbocycles.